The van der Waals surface area contributed by atoms with Crippen LogP contribution in [0.2, 0.25) is 10.0 Å². The number of carbonyl (C=O) groups is 2. The van der Waals surface area contributed by atoms with Crippen LogP contribution >= 0.6 is 35.0 Å². The Hall–Kier alpha value is -2.48. The molecule has 1 atom stereocenters. The van der Waals surface area contributed by atoms with Crippen molar-refractivity contribution in [1.82, 2.24) is 5.32 Å². The molecule has 1 amide bonds. The molecule has 0 aliphatic carbocycles. The molecular weight excluding hydrogens is 481 g/mol. The number of allylic oxidation sites excluding steroid dienone is 1. The maximum absolute atomic E-state index is 12.7. The molecular formula is C24H25Cl2N3O3S. The second-order valence-electron chi connectivity index (χ2n) is 7.50. The van der Waals surface area contributed by atoms with E-state index in [0.29, 0.717) is 32.0 Å². The van der Waals surface area contributed by atoms with E-state index in [-0.39, 0.29) is 18.3 Å². The smallest absolute Gasteiger partial charge is 0.338 e. The number of rotatable bonds is 6. The van der Waals surface area contributed by atoms with E-state index >= 15 is 0 Å². The molecule has 0 radical (unpaired) electrons. The van der Waals surface area contributed by atoms with Crippen LogP contribution in [-0.2, 0) is 14.3 Å². The number of halogens is 2. The highest BCUT2D eigenvalue weighted by Crippen LogP contribution is 2.39. The largest absolute Gasteiger partial charge is 0.463 e. The minimum atomic E-state index is -0.707. The Morgan fingerprint density at radius 3 is 2.61 bits per heavy atom. The summed E-state index contributed by atoms with van der Waals surface area (Å²) in [5.41, 5.74) is 4.53. The van der Waals surface area contributed by atoms with E-state index in [2.05, 4.69) is 15.6 Å². The Labute approximate surface area is 207 Å². The first-order valence-corrected chi connectivity index (χ1v) is 12.1. The summed E-state index contributed by atoms with van der Waals surface area (Å²) in [6, 6.07) is 10.3. The van der Waals surface area contributed by atoms with Gasteiger partial charge >= 0.3 is 5.97 Å². The van der Waals surface area contributed by atoms with Crippen LogP contribution in [-0.4, -0.2) is 29.4 Å². The van der Waals surface area contributed by atoms with Gasteiger partial charge in [-0.2, -0.15) is 0 Å². The van der Waals surface area contributed by atoms with Gasteiger partial charge in [-0.3, -0.25) is 4.79 Å². The molecule has 0 spiro atoms. The molecule has 0 saturated carbocycles. The lowest BCUT2D eigenvalue weighted by atomic mass is 9.96. The van der Waals surface area contributed by atoms with E-state index in [9.17, 15) is 9.59 Å². The number of thioether (sulfide) groups is 1. The highest BCUT2D eigenvalue weighted by atomic mass is 35.5. The number of anilines is 1. The highest BCUT2D eigenvalue weighted by molar-refractivity contribution is 8.14. The SMILES string of the molecule is CCOC(=O)C1=C(C)NC(SCC(=O)Nc2ccc(C)c(C)c2)=N[C@@H]1c1cccc(Cl)c1Cl. The number of nitrogens with zero attached hydrogens (tertiary/aromatic N) is 1. The van der Waals surface area contributed by atoms with Crippen LogP contribution in [0.1, 0.15) is 36.6 Å². The topological polar surface area (TPSA) is 79.8 Å². The Kier molecular flexibility index (Phi) is 8.46. The molecule has 174 valence electrons. The summed E-state index contributed by atoms with van der Waals surface area (Å²) in [7, 11) is 0. The number of aliphatic imine (C=N–C) groups is 1. The zero-order valence-electron chi connectivity index (χ0n) is 18.8. The number of hydrogen-bond acceptors (Lipinski definition) is 6. The van der Waals surface area contributed by atoms with Gasteiger partial charge in [0.2, 0.25) is 5.91 Å². The van der Waals surface area contributed by atoms with Gasteiger partial charge in [0, 0.05) is 16.9 Å². The van der Waals surface area contributed by atoms with Crippen molar-refractivity contribution in [3.8, 4) is 0 Å². The van der Waals surface area contributed by atoms with Crippen LogP contribution in [0.4, 0.5) is 5.69 Å². The first-order valence-electron chi connectivity index (χ1n) is 10.4. The van der Waals surface area contributed by atoms with E-state index in [0.717, 1.165) is 16.8 Å². The van der Waals surface area contributed by atoms with E-state index < -0.39 is 12.0 Å². The molecule has 1 aliphatic rings. The van der Waals surface area contributed by atoms with Gasteiger partial charge in [-0.25, -0.2) is 9.79 Å². The minimum absolute atomic E-state index is 0.136. The van der Waals surface area contributed by atoms with E-state index in [1.54, 1.807) is 32.0 Å². The van der Waals surface area contributed by atoms with Gasteiger partial charge < -0.3 is 15.4 Å². The van der Waals surface area contributed by atoms with Crippen molar-refractivity contribution in [2.75, 3.05) is 17.7 Å². The monoisotopic (exact) mass is 505 g/mol. The molecule has 0 aromatic heterocycles. The molecule has 1 heterocycles. The molecule has 2 aromatic rings. The van der Waals surface area contributed by atoms with Crippen molar-refractivity contribution in [2.24, 2.45) is 4.99 Å². The quantitative estimate of drug-likeness (QED) is 0.483. The van der Waals surface area contributed by atoms with Crippen molar-refractivity contribution in [3.05, 3.63) is 74.4 Å². The number of amidine groups is 1. The highest BCUT2D eigenvalue weighted by Gasteiger charge is 2.32. The molecule has 3 rings (SSSR count). The Morgan fingerprint density at radius 2 is 1.91 bits per heavy atom. The molecule has 2 aromatic carbocycles. The first-order chi connectivity index (χ1) is 15.7. The Balaban J connectivity index is 1.81. The third-order valence-electron chi connectivity index (χ3n) is 5.12. The van der Waals surface area contributed by atoms with Crippen LogP contribution in [0, 0.1) is 13.8 Å². The Morgan fingerprint density at radius 1 is 1.15 bits per heavy atom. The first kappa shape index (κ1) is 25.1. The second-order valence-corrected chi connectivity index (χ2v) is 9.25. The molecule has 0 saturated heterocycles. The molecule has 0 fully saturated rings. The molecule has 0 unspecified atom stereocenters. The summed E-state index contributed by atoms with van der Waals surface area (Å²) in [6.07, 6.45) is 0. The van der Waals surface area contributed by atoms with Gasteiger partial charge in [0.25, 0.3) is 0 Å². The summed E-state index contributed by atoms with van der Waals surface area (Å²) >= 11 is 13.9. The summed E-state index contributed by atoms with van der Waals surface area (Å²) in [4.78, 5) is 29.9. The average molecular weight is 506 g/mol. The fourth-order valence-electron chi connectivity index (χ4n) is 3.30. The van der Waals surface area contributed by atoms with Crippen LogP contribution in [0.5, 0.6) is 0 Å². The Bertz CT molecular complexity index is 1150. The molecule has 6 nitrogen and oxygen atoms in total. The van der Waals surface area contributed by atoms with Crippen molar-refractivity contribution in [2.45, 2.75) is 33.7 Å². The van der Waals surface area contributed by atoms with Crippen molar-refractivity contribution in [3.63, 3.8) is 0 Å². The van der Waals surface area contributed by atoms with Crippen LogP contribution in [0.15, 0.2) is 52.7 Å². The van der Waals surface area contributed by atoms with Gasteiger partial charge in [0.15, 0.2) is 5.17 Å². The van der Waals surface area contributed by atoms with Crippen LogP contribution < -0.4 is 10.6 Å². The van der Waals surface area contributed by atoms with Crippen molar-refractivity contribution >= 4 is 57.7 Å². The van der Waals surface area contributed by atoms with E-state index in [1.165, 1.54) is 11.8 Å². The zero-order valence-corrected chi connectivity index (χ0v) is 21.1. The lowest BCUT2D eigenvalue weighted by molar-refractivity contribution is -0.139. The standard InChI is InChI=1S/C24H25Cl2N3O3S/c1-5-32-23(31)20-15(4)27-24(29-22(20)17-7-6-8-18(25)21(17)26)33-12-19(30)28-16-10-9-13(2)14(3)11-16/h6-11,22H,5,12H2,1-4H3,(H,27,29)(H,28,30)/t22-/m1/s1. The van der Waals surface area contributed by atoms with Gasteiger partial charge in [-0.15, -0.1) is 0 Å². The lowest BCUT2D eigenvalue weighted by Gasteiger charge is -2.26. The number of amides is 1. The van der Waals surface area contributed by atoms with Crippen LogP contribution in [0.25, 0.3) is 0 Å². The third-order valence-corrected chi connectivity index (χ3v) is 6.84. The van der Waals surface area contributed by atoms with Crippen molar-refractivity contribution < 1.29 is 14.3 Å². The summed E-state index contributed by atoms with van der Waals surface area (Å²) < 4.78 is 5.24. The fourth-order valence-corrected chi connectivity index (χ4v) is 4.46. The number of esters is 1. The minimum Gasteiger partial charge on any atom is -0.463 e. The lowest BCUT2D eigenvalue weighted by Crippen LogP contribution is -2.31. The molecule has 0 bridgehead atoms. The van der Waals surface area contributed by atoms with Gasteiger partial charge in [-0.05, 0) is 57.0 Å². The van der Waals surface area contributed by atoms with Crippen LogP contribution in [0.3, 0.4) is 0 Å². The maximum Gasteiger partial charge on any atom is 0.338 e. The summed E-state index contributed by atoms with van der Waals surface area (Å²) in [6.45, 7) is 7.76. The van der Waals surface area contributed by atoms with Crippen molar-refractivity contribution in [1.29, 1.82) is 0 Å². The predicted octanol–water partition coefficient (Wildman–Crippen LogP) is 5.82. The number of aryl methyl sites for hydroxylation is 2. The fraction of sp³-hybridized carbons (Fsp3) is 0.292. The predicted molar refractivity (Wildman–Crippen MR) is 136 cm³/mol. The molecule has 2 N–H and O–H groups in total. The number of nitrogens with one attached hydrogen (secondary N) is 2. The average Bonchev–Trinajstić information content (AvgIpc) is 2.76. The van der Waals surface area contributed by atoms with Gasteiger partial charge in [0.05, 0.1) is 28.0 Å². The number of hydrogen-bond donors (Lipinski definition) is 2. The molecule has 1 aliphatic heterocycles. The van der Waals surface area contributed by atoms with E-state index in [1.807, 2.05) is 32.0 Å². The van der Waals surface area contributed by atoms with E-state index in [4.69, 9.17) is 27.9 Å². The second kappa shape index (κ2) is 11.1. The van der Waals surface area contributed by atoms with Gasteiger partial charge in [0.1, 0.15) is 6.04 Å². The third kappa shape index (κ3) is 6.10. The molecule has 9 heteroatoms. The zero-order chi connectivity index (χ0) is 24.1. The molecule has 33 heavy (non-hydrogen) atoms. The van der Waals surface area contributed by atoms with Gasteiger partial charge in [-0.1, -0.05) is 53.2 Å². The maximum atomic E-state index is 12.7. The number of benzene rings is 2. The summed E-state index contributed by atoms with van der Waals surface area (Å²) in [5.74, 6) is -0.511. The number of carbonyl (C=O) groups excluding carboxylic acids is 2. The normalized spacial score (nSPS) is 15.6. The number of ether oxygens (including phenoxy) is 1. The summed E-state index contributed by atoms with van der Waals surface area (Å²) in [5, 5.41) is 7.19.